The first kappa shape index (κ1) is 12.2. The monoisotopic (exact) mass is 264 g/mol. The summed E-state index contributed by atoms with van der Waals surface area (Å²) in [6.07, 6.45) is 0. The molecule has 0 saturated heterocycles. The highest BCUT2D eigenvalue weighted by Crippen LogP contribution is 2.20. The van der Waals surface area contributed by atoms with Crippen LogP contribution in [0.2, 0.25) is 0 Å². The normalized spacial score (nSPS) is 10.4. The molecule has 0 aliphatic heterocycles. The van der Waals surface area contributed by atoms with E-state index in [0.29, 0.717) is 17.9 Å². The number of hydrogen-bond donors (Lipinski definition) is 1. The molecule has 0 aliphatic rings. The summed E-state index contributed by atoms with van der Waals surface area (Å²) in [5.74, 6) is 1.38. The van der Waals surface area contributed by atoms with E-state index in [1.54, 1.807) is 6.07 Å². The van der Waals surface area contributed by atoms with Crippen LogP contribution in [0.4, 0.5) is 5.82 Å². The molecule has 5 heteroatoms. The molecule has 2 heterocycles. The third kappa shape index (κ3) is 2.31. The third-order valence-electron chi connectivity index (χ3n) is 2.96. The van der Waals surface area contributed by atoms with Crippen molar-refractivity contribution in [1.29, 1.82) is 5.26 Å². The van der Waals surface area contributed by atoms with E-state index in [0.717, 1.165) is 22.4 Å². The molecule has 0 atom stereocenters. The topological polar surface area (TPSA) is 74.7 Å². The van der Waals surface area contributed by atoms with Crippen LogP contribution in [-0.2, 0) is 6.54 Å². The molecular weight excluding hydrogens is 252 g/mol. The van der Waals surface area contributed by atoms with Crippen LogP contribution in [0, 0.1) is 18.3 Å². The number of anilines is 1. The highest BCUT2D eigenvalue weighted by molar-refractivity contribution is 5.86. The Labute approximate surface area is 115 Å². The fourth-order valence-electron chi connectivity index (χ4n) is 2.04. The lowest BCUT2D eigenvalue weighted by Crippen LogP contribution is -2.01. The Balaban J connectivity index is 1.90. The van der Waals surface area contributed by atoms with Crippen molar-refractivity contribution in [3.05, 3.63) is 53.4 Å². The van der Waals surface area contributed by atoms with Crippen LogP contribution in [0.5, 0.6) is 0 Å². The quantitative estimate of drug-likeness (QED) is 0.787. The minimum absolute atomic E-state index is 0.483. The molecule has 1 aromatic carbocycles. The smallest absolute Gasteiger partial charge is 0.156 e. The Hall–Kier alpha value is -2.87. The van der Waals surface area contributed by atoms with Crippen LogP contribution >= 0.6 is 0 Å². The summed E-state index contributed by atoms with van der Waals surface area (Å²) in [6, 6.07) is 13.4. The van der Waals surface area contributed by atoms with Crippen LogP contribution in [0.3, 0.4) is 0 Å². The molecule has 5 nitrogen and oxygen atoms in total. The highest BCUT2D eigenvalue weighted by atomic mass is 16.5. The number of rotatable bonds is 3. The van der Waals surface area contributed by atoms with Gasteiger partial charge in [-0.2, -0.15) is 5.26 Å². The second-order valence-corrected chi connectivity index (χ2v) is 4.47. The van der Waals surface area contributed by atoms with Gasteiger partial charge in [0, 0.05) is 11.5 Å². The third-order valence-corrected chi connectivity index (χ3v) is 2.96. The maximum absolute atomic E-state index is 9.21. The van der Waals surface area contributed by atoms with Gasteiger partial charge in [-0.15, -0.1) is 0 Å². The van der Waals surface area contributed by atoms with Crippen molar-refractivity contribution in [1.82, 2.24) is 10.1 Å². The SMILES string of the molecule is Cc1cc(CNc2cc(C#N)c3ccccc3n2)on1. The van der Waals surface area contributed by atoms with E-state index >= 15 is 0 Å². The first-order valence-corrected chi connectivity index (χ1v) is 6.22. The predicted octanol–water partition coefficient (Wildman–Crippen LogP) is 3.02. The Kier molecular flexibility index (Phi) is 3.05. The molecule has 98 valence electrons. The standard InChI is InChI=1S/C15H12N4O/c1-10-6-12(20-19-10)9-17-15-7-11(8-16)13-4-2-3-5-14(13)18-15/h2-7H,9H2,1H3,(H,17,18). The molecule has 3 rings (SSSR count). The molecule has 3 aromatic rings. The lowest BCUT2D eigenvalue weighted by molar-refractivity contribution is 0.384. The maximum atomic E-state index is 9.21. The molecule has 0 amide bonds. The van der Waals surface area contributed by atoms with Crippen molar-refractivity contribution in [2.45, 2.75) is 13.5 Å². The summed E-state index contributed by atoms with van der Waals surface area (Å²) in [7, 11) is 0. The van der Waals surface area contributed by atoms with Gasteiger partial charge < -0.3 is 9.84 Å². The van der Waals surface area contributed by atoms with Crippen molar-refractivity contribution >= 4 is 16.7 Å². The van der Waals surface area contributed by atoms with E-state index in [9.17, 15) is 5.26 Å². The number of para-hydroxylation sites is 1. The summed E-state index contributed by atoms with van der Waals surface area (Å²) < 4.78 is 5.12. The van der Waals surface area contributed by atoms with Crippen LogP contribution in [0.1, 0.15) is 17.0 Å². The molecule has 0 bridgehead atoms. The van der Waals surface area contributed by atoms with Crippen LogP contribution in [0.25, 0.3) is 10.9 Å². The molecule has 1 N–H and O–H groups in total. The van der Waals surface area contributed by atoms with Crippen molar-refractivity contribution in [2.75, 3.05) is 5.32 Å². The van der Waals surface area contributed by atoms with E-state index in [1.165, 1.54) is 0 Å². The van der Waals surface area contributed by atoms with Gasteiger partial charge in [0.25, 0.3) is 0 Å². The number of nitrogens with one attached hydrogen (secondary N) is 1. The lowest BCUT2D eigenvalue weighted by atomic mass is 10.1. The van der Waals surface area contributed by atoms with Gasteiger partial charge in [-0.3, -0.25) is 0 Å². The fraction of sp³-hybridized carbons (Fsp3) is 0.133. The van der Waals surface area contributed by atoms with Gasteiger partial charge in [0.05, 0.1) is 29.4 Å². The predicted molar refractivity (Wildman–Crippen MR) is 75.0 cm³/mol. The second-order valence-electron chi connectivity index (χ2n) is 4.47. The highest BCUT2D eigenvalue weighted by Gasteiger charge is 2.06. The van der Waals surface area contributed by atoms with Crippen LogP contribution < -0.4 is 5.32 Å². The Morgan fingerprint density at radius 3 is 2.90 bits per heavy atom. The minimum Gasteiger partial charge on any atom is -0.363 e. The molecule has 0 fully saturated rings. The number of fused-ring (bicyclic) bond motifs is 1. The summed E-state index contributed by atoms with van der Waals surface area (Å²) >= 11 is 0. The first-order valence-electron chi connectivity index (χ1n) is 6.22. The second kappa shape index (κ2) is 5.02. The zero-order valence-corrected chi connectivity index (χ0v) is 10.9. The fourth-order valence-corrected chi connectivity index (χ4v) is 2.04. The van der Waals surface area contributed by atoms with E-state index in [-0.39, 0.29) is 0 Å². The first-order chi connectivity index (χ1) is 9.76. The van der Waals surface area contributed by atoms with Gasteiger partial charge in [-0.05, 0) is 19.1 Å². The van der Waals surface area contributed by atoms with Gasteiger partial charge in [0.2, 0.25) is 0 Å². The van der Waals surface area contributed by atoms with Gasteiger partial charge in [-0.1, -0.05) is 23.4 Å². The lowest BCUT2D eigenvalue weighted by Gasteiger charge is -2.06. The van der Waals surface area contributed by atoms with Crippen molar-refractivity contribution in [3.8, 4) is 6.07 Å². The average molecular weight is 264 g/mol. The molecule has 0 radical (unpaired) electrons. The van der Waals surface area contributed by atoms with Gasteiger partial charge in [0.1, 0.15) is 5.82 Å². The molecule has 0 unspecified atom stereocenters. The Morgan fingerprint density at radius 1 is 1.30 bits per heavy atom. The Morgan fingerprint density at radius 2 is 2.15 bits per heavy atom. The summed E-state index contributed by atoms with van der Waals surface area (Å²) in [5.41, 5.74) is 2.24. The summed E-state index contributed by atoms with van der Waals surface area (Å²) in [5, 5.41) is 17.0. The number of nitrogens with zero attached hydrogens (tertiary/aromatic N) is 3. The molecule has 2 aromatic heterocycles. The molecule has 0 aliphatic carbocycles. The molecule has 0 saturated carbocycles. The number of aryl methyl sites for hydroxylation is 1. The number of hydrogen-bond acceptors (Lipinski definition) is 5. The average Bonchev–Trinajstić information content (AvgIpc) is 2.90. The van der Waals surface area contributed by atoms with Gasteiger partial charge in [0.15, 0.2) is 5.76 Å². The zero-order chi connectivity index (χ0) is 13.9. The largest absolute Gasteiger partial charge is 0.363 e. The van der Waals surface area contributed by atoms with E-state index < -0.39 is 0 Å². The number of pyridine rings is 1. The van der Waals surface area contributed by atoms with Gasteiger partial charge >= 0.3 is 0 Å². The summed E-state index contributed by atoms with van der Waals surface area (Å²) in [4.78, 5) is 4.48. The van der Waals surface area contributed by atoms with E-state index in [2.05, 4.69) is 21.5 Å². The van der Waals surface area contributed by atoms with E-state index in [4.69, 9.17) is 4.52 Å². The van der Waals surface area contributed by atoms with Crippen LogP contribution in [-0.4, -0.2) is 10.1 Å². The number of nitriles is 1. The van der Waals surface area contributed by atoms with Crippen molar-refractivity contribution < 1.29 is 4.52 Å². The number of aromatic nitrogens is 2. The minimum atomic E-state index is 0.483. The molecule has 20 heavy (non-hydrogen) atoms. The van der Waals surface area contributed by atoms with Gasteiger partial charge in [-0.25, -0.2) is 4.98 Å². The number of benzene rings is 1. The maximum Gasteiger partial charge on any atom is 0.156 e. The zero-order valence-electron chi connectivity index (χ0n) is 10.9. The van der Waals surface area contributed by atoms with Crippen molar-refractivity contribution in [3.63, 3.8) is 0 Å². The summed E-state index contributed by atoms with van der Waals surface area (Å²) in [6.45, 7) is 2.35. The van der Waals surface area contributed by atoms with Crippen LogP contribution in [0.15, 0.2) is 40.9 Å². The molecular formula is C15H12N4O. The Bertz CT molecular complexity index is 801. The van der Waals surface area contributed by atoms with E-state index in [1.807, 2.05) is 37.3 Å². The molecule has 0 spiro atoms. The van der Waals surface area contributed by atoms with Crippen molar-refractivity contribution in [2.24, 2.45) is 0 Å².